The van der Waals surface area contributed by atoms with Crippen molar-refractivity contribution >= 4 is 0 Å². The summed E-state index contributed by atoms with van der Waals surface area (Å²) in [5.41, 5.74) is 2.76. The Balaban J connectivity index is 2.87. The minimum absolute atomic E-state index is 0.568. The van der Waals surface area contributed by atoms with Crippen LogP contribution in [0.1, 0.15) is 25.5 Å². The third kappa shape index (κ3) is 3.52. The van der Waals surface area contributed by atoms with Gasteiger partial charge in [0.1, 0.15) is 6.10 Å². The summed E-state index contributed by atoms with van der Waals surface area (Å²) >= 11 is 0. The van der Waals surface area contributed by atoms with E-state index in [1.165, 1.54) is 0 Å². The van der Waals surface area contributed by atoms with Gasteiger partial charge in [0.25, 0.3) is 0 Å². The van der Waals surface area contributed by atoms with Crippen molar-refractivity contribution in [3.63, 3.8) is 0 Å². The monoisotopic (exact) mass is 214 g/mol. The van der Waals surface area contributed by atoms with Crippen LogP contribution in [0.15, 0.2) is 66.3 Å². The standard InChI is InChI=1S/C15H18O/c1-4-13(11-10-12(2)3)15(16)14-8-6-5-7-9-14/h4-11,15-16H,2H2,1,3H3/b11-10-,13-4+. The molecule has 0 spiro atoms. The highest BCUT2D eigenvalue weighted by Crippen LogP contribution is 2.22. The summed E-state index contributed by atoms with van der Waals surface area (Å²) in [5, 5.41) is 10.1. The summed E-state index contributed by atoms with van der Waals surface area (Å²) < 4.78 is 0. The quantitative estimate of drug-likeness (QED) is 0.756. The van der Waals surface area contributed by atoms with E-state index < -0.39 is 6.10 Å². The maximum atomic E-state index is 10.1. The molecule has 0 saturated heterocycles. The fraction of sp³-hybridized carbons (Fsp3) is 0.200. The third-order valence-corrected chi connectivity index (χ3v) is 2.32. The van der Waals surface area contributed by atoms with Crippen molar-refractivity contribution in [3.05, 3.63) is 71.8 Å². The minimum Gasteiger partial charge on any atom is -0.384 e. The number of aliphatic hydroxyl groups is 1. The molecule has 0 aliphatic rings. The Kier molecular flexibility index (Phi) is 4.74. The zero-order valence-electron chi connectivity index (χ0n) is 9.85. The lowest BCUT2D eigenvalue weighted by atomic mass is 10.0. The van der Waals surface area contributed by atoms with E-state index in [2.05, 4.69) is 6.58 Å². The van der Waals surface area contributed by atoms with E-state index in [0.29, 0.717) is 0 Å². The fourth-order valence-electron chi connectivity index (χ4n) is 1.41. The Hall–Kier alpha value is -1.60. The van der Waals surface area contributed by atoms with Crippen LogP contribution >= 0.6 is 0 Å². The zero-order valence-corrected chi connectivity index (χ0v) is 9.85. The van der Waals surface area contributed by atoms with Gasteiger partial charge in [0.15, 0.2) is 0 Å². The van der Waals surface area contributed by atoms with Gasteiger partial charge in [-0.15, -0.1) is 0 Å². The molecule has 1 N–H and O–H groups in total. The van der Waals surface area contributed by atoms with Gasteiger partial charge in [-0.3, -0.25) is 0 Å². The van der Waals surface area contributed by atoms with E-state index in [4.69, 9.17) is 0 Å². The summed E-state index contributed by atoms with van der Waals surface area (Å²) in [5.74, 6) is 0. The lowest BCUT2D eigenvalue weighted by Gasteiger charge is -2.11. The van der Waals surface area contributed by atoms with E-state index in [1.54, 1.807) is 0 Å². The van der Waals surface area contributed by atoms with E-state index >= 15 is 0 Å². The Morgan fingerprint density at radius 1 is 1.25 bits per heavy atom. The topological polar surface area (TPSA) is 20.2 Å². The second-order valence-corrected chi connectivity index (χ2v) is 3.78. The predicted octanol–water partition coefficient (Wildman–Crippen LogP) is 3.80. The first-order valence-electron chi connectivity index (χ1n) is 5.38. The molecule has 0 aliphatic carbocycles. The number of rotatable bonds is 4. The normalized spacial score (nSPS) is 14.1. The van der Waals surface area contributed by atoms with Gasteiger partial charge >= 0.3 is 0 Å². The van der Waals surface area contributed by atoms with Crippen LogP contribution in [0.3, 0.4) is 0 Å². The molecule has 1 nitrogen and oxygen atoms in total. The van der Waals surface area contributed by atoms with Gasteiger partial charge in [0, 0.05) is 0 Å². The van der Waals surface area contributed by atoms with Crippen molar-refractivity contribution in [3.8, 4) is 0 Å². The maximum absolute atomic E-state index is 10.1. The van der Waals surface area contributed by atoms with Crippen LogP contribution in [0.5, 0.6) is 0 Å². The Labute approximate surface area is 97.4 Å². The number of aliphatic hydroxyl groups excluding tert-OH is 1. The van der Waals surface area contributed by atoms with Crippen LogP contribution in [0.2, 0.25) is 0 Å². The molecule has 0 heterocycles. The van der Waals surface area contributed by atoms with Crippen LogP contribution in [-0.2, 0) is 0 Å². The van der Waals surface area contributed by atoms with Gasteiger partial charge in [-0.1, -0.05) is 60.7 Å². The van der Waals surface area contributed by atoms with Crippen molar-refractivity contribution in [2.24, 2.45) is 0 Å². The summed E-state index contributed by atoms with van der Waals surface area (Å²) in [6.07, 6.45) is 5.15. The van der Waals surface area contributed by atoms with Crippen LogP contribution in [0.4, 0.5) is 0 Å². The van der Waals surface area contributed by atoms with E-state index in [0.717, 1.165) is 16.7 Å². The molecule has 1 rings (SSSR count). The van der Waals surface area contributed by atoms with Crippen molar-refractivity contribution in [2.45, 2.75) is 20.0 Å². The molecule has 0 bridgehead atoms. The second kappa shape index (κ2) is 6.09. The Morgan fingerprint density at radius 3 is 2.38 bits per heavy atom. The first kappa shape index (κ1) is 12.5. The molecule has 1 atom stereocenters. The molecule has 0 fully saturated rings. The minimum atomic E-state index is -0.568. The van der Waals surface area contributed by atoms with Crippen LogP contribution in [0, 0.1) is 0 Å². The molecule has 0 aromatic heterocycles. The SMILES string of the molecule is C=C(C)/C=C\C(=C/C)C(O)c1ccccc1. The highest BCUT2D eigenvalue weighted by molar-refractivity contribution is 5.34. The molecule has 0 saturated carbocycles. The molecule has 1 aromatic rings. The van der Waals surface area contributed by atoms with E-state index in [9.17, 15) is 5.11 Å². The van der Waals surface area contributed by atoms with Crippen LogP contribution < -0.4 is 0 Å². The molecule has 16 heavy (non-hydrogen) atoms. The average Bonchev–Trinajstić information content (AvgIpc) is 2.30. The van der Waals surface area contributed by atoms with Crippen molar-refractivity contribution < 1.29 is 5.11 Å². The summed E-state index contributed by atoms with van der Waals surface area (Å²) in [7, 11) is 0. The molecule has 0 radical (unpaired) electrons. The highest BCUT2D eigenvalue weighted by Gasteiger charge is 2.09. The lowest BCUT2D eigenvalue weighted by molar-refractivity contribution is 0.219. The Bertz CT molecular complexity index is 399. The smallest absolute Gasteiger partial charge is 0.104 e. The van der Waals surface area contributed by atoms with Crippen molar-refractivity contribution in [1.29, 1.82) is 0 Å². The molecular weight excluding hydrogens is 196 g/mol. The molecule has 1 heteroatoms. The van der Waals surface area contributed by atoms with Gasteiger partial charge in [-0.05, 0) is 25.0 Å². The first-order chi connectivity index (χ1) is 7.65. The van der Waals surface area contributed by atoms with Crippen LogP contribution in [-0.4, -0.2) is 5.11 Å². The number of hydrogen-bond acceptors (Lipinski definition) is 1. The first-order valence-corrected chi connectivity index (χ1v) is 5.38. The third-order valence-electron chi connectivity index (χ3n) is 2.32. The number of allylic oxidation sites excluding steroid dienone is 3. The molecule has 0 aliphatic heterocycles. The molecule has 1 aromatic carbocycles. The highest BCUT2D eigenvalue weighted by atomic mass is 16.3. The molecular formula is C15H18O. The largest absolute Gasteiger partial charge is 0.384 e. The summed E-state index contributed by atoms with van der Waals surface area (Å²) in [6, 6.07) is 9.63. The second-order valence-electron chi connectivity index (χ2n) is 3.78. The fourth-order valence-corrected chi connectivity index (χ4v) is 1.41. The summed E-state index contributed by atoms with van der Waals surface area (Å²) in [6.45, 7) is 7.65. The predicted molar refractivity (Wildman–Crippen MR) is 69.1 cm³/mol. The molecule has 84 valence electrons. The van der Waals surface area contributed by atoms with Gasteiger partial charge in [-0.25, -0.2) is 0 Å². The maximum Gasteiger partial charge on any atom is 0.104 e. The number of hydrogen-bond donors (Lipinski definition) is 1. The van der Waals surface area contributed by atoms with Crippen molar-refractivity contribution in [1.82, 2.24) is 0 Å². The van der Waals surface area contributed by atoms with Crippen molar-refractivity contribution in [2.75, 3.05) is 0 Å². The van der Waals surface area contributed by atoms with Gasteiger partial charge < -0.3 is 5.11 Å². The molecule has 1 unspecified atom stereocenters. The zero-order chi connectivity index (χ0) is 12.0. The molecule has 0 amide bonds. The number of benzene rings is 1. The van der Waals surface area contributed by atoms with Gasteiger partial charge in [-0.2, -0.15) is 0 Å². The van der Waals surface area contributed by atoms with E-state index in [1.807, 2.05) is 62.4 Å². The average molecular weight is 214 g/mol. The van der Waals surface area contributed by atoms with Gasteiger partial charge in [0.05, 0.1) is 0 Å². The van der Waals surface area contributed by atoms with Gasteiger partial charge in [0.2, 0.25) is 0 Å². The summed E-state index contributed by atoms with van der Waals surface area (Å²) in [4.78, 5) is 0. The Morgan fingerprint density at radius 2 is 1.88 bits per heavy atom. The van der Waals surface area contributed by atoms with Crippen LogP contribution in [0.25, 0.3) is 0 Å². The van der Waals surface area contributed by atoms with E-state index in [-0.39, 0.29) is 0 Å². The lowest BCUT2D eigenvalue weighted by Crippen LogP contribution is -1.99.